The van der Waals surface area contributed by atoms with E-state index in [1.54, 1.807) is 0 Å². The van der Waals surface area contributed by atoms with Crippen molar-refractivity contribution >= 4 is 22.9 Å². The van der Waals surface area contributed by atoms with Gasteiger partial charge in [0, 0.05) is 22.9 Å². The number of nitrogens with one attached hydrogen (secondary N) is 1. The van der Waals surface area contributed by atoms with Crippen LogP contribution < -0.4 is 3.53 Å². The van der Waals surface area contributed by atoms with Crippen molar-refractivity contribution in [3.63, 3.8) is 0 Å². The third-order valence-electron chi connectivity index (χ3n) is 1.52. The fourth-order valence-electron chi connectivity index (χ4n) is 0.888. The standard InChI is InChI=1S/C8H10INO/c9-10-8(6-11)7-4-2-1-3-5-7/h1-5,8,10-11H,6H2. The van der Waals surface area contributed by atoms with Crippen molar-refractivity contribution in [3.8, 4) is 0 Å². The lowest BCUT2D eigenvalue weighted by Crippen LogP contribution is -2.14. The van der Waals surface area contributed by atoms with Crippen molar-refractivity contribution in [1.29, 1.82) is 0 Å². The molecule has 0 heterocycles. The summed E-state index contributed by atoms with van der Waals surface area (Å²) in [6.07, 6.45) is 0. The van der Waals surface area contributed by atoms with Crippen molar-refractivity contribution in [1.82, 2.24) is 3.53 Å². The Hall–Kier alpha value is -0.130. The maximum atomic E-state index is 8.91. The summed E-state index contributed by atoms with van der Waals surface area (Å²) in [4.78, 5) is 0. The molecule has 1 unspecified atom stereocenters. The normalized spacial score (nSPS) is 12.9. The molecule has 0 spiro atoms. The molecular weight excluding hydrogens is 253 g/mol. The topological polar surface area (TPSA) is 32.3 Å². The summed E-state index contributed by atoms with van der Waals surface area (Å²) in [5.41, 5.74) is 1.12. The first-order valence-corrected chi connectivity index (χ1v) is 4.48. The molecule has 2 N–H and O–H groups in total. The van der Waals surface area contributed by atoms with E-state index in [0.717, 1.165) is 5.56 Å². The van der Waals surface area contributed by atoms with Crippen LogP contribution in [0.15, 0.2) is 30.3 Å². The van der Waals surface area contributed by atoms with Gasteiger partial charge in [0.1, 0.15) is 0 Å². The van der Waals surface area contributed by atoms with Gasteiger partial charge in [0.25, 0.3) is 0 Å². The van der Waals surface area contributed by atoms with E-state index in [4.69, 9.17) is 5.11 Å². The van der Waals surface area contributed by atoms with Gasteiger partial charge in [-0.25, -0.2) is 0 Å². The second-order valence-corrected chi connectivity index (χ2v) is 2.88. The van der Waals surface area contributed by atoms with E-state index in [9.17, 15) is 0 Å². The van der Waals surface area contributed by atoms with E-state index in [-0.39, 0.29) is 12.6 Å². The smallest absolute Gasteiger partial charge is 0.0644 e. The highest BCUT2D eigenvalue weighted by molar-refractivity contribution is 14.1. The van der Waals surface area contributed by atoms with E-state index in [0.29, 0.717) is 0 Å². The van der Waals surface area contributed by atoms with E-state index >= 15 is 0 Å². The molecule has 0 aliphatic rings. The molecule has 1 aromatic carbocycles. The van der Waals surface area contributed by atoms with Crippen molar-refractivity contribution < 1.29 is 5.11 Å². The second kappa shape index (κ2) is 4.69. The Kier molecular flexibility index (Phi) is 3.82. The van der Waals surface area contributed by atoms with Crippen molar-refractivity contribution in [3.05, 3.63) is 35.9 Å². The molecule has 0 fully saturated rings. The number of halogens is 1. The fraction of sp³-hybridized carbons (Fsp3) is 0.250. The third kappa shape index (κ3) is 2.43. The Balaban J connectivity index is 2.74. The summed E-state index contributed by atoms with van der Waals surface area (Å²) in [5.74, 6) is 0. The lowest BCUT2D eigenvalue weighted by atomic mass is 10.1. The van der Waals surface area contributed by atoms with Gasteiger partial charge in [0.15, 0.2) is 0 Å². The van der Waals surface area contributed by atoms with Crippen LogP contribution in [0, 0.1) is 0 Å². The molecule has 0 bridgehead atoms. The summed E-state index contributed by atoms with van der Waals surface area (Å²) in [5, 5.41) is 8.91. The van der Waals surface area contributed by atoms with Crippen molar-refractivity contribution in [2.75, 3.05) is 6.61 Å². The largest absolute Gasteiger partial charge is 0.394 e. The minimum Gasteiger partial charge on any atom is -0.394 e. The van der Waals surface area contributed by atoms with Gasteiger partial charge in [0.05, 0.1) is 12.6 Å². The zero-order valence-corrected chi connectivity index (χ0v) is 8.15. The lowest BCUT2D eigenvalue weighted by Gasteiger charge is -2.10. The highest BCUT2D eigenvalue weighted by Gasteiger charge is 2.05. The molecular formula is C8H10INO. The number of aliphatic hydroxyl groups is 1. The number of hydrogen-bond acceptors (Lipinski definition) is 2. The SMILES string of the molecule is OCC(NI)c1ccccc1. The van der Waals surface area contributed by atoms with Gasteiger partial charge in [-0.2, -0.15) is 0 Å². The van der Waals surface area contributed by atoms with Crippen LogP contribution in [0.4, 0.5) is 0 Å². The van der Waals surface area contributed by atoms with Crippen LogP contribution in [0.1, 0.15) is 11.6 Å². The Morgan fingerprint density at radius 1 is 1.36 bits per heavy atom. The zero-order chi connectivity index (χ0) is 8.10. The molecule has 0 saturated heterocycles. The minimum absolute atomic E-state index is 0.0526. The predicted octanol–water partition coefficient (Wildman–Crippen LogP) is 1.66. The van der Waals surface area contributed by atoms with E-state index in [1.165, 1.54) is 0 Å². The fourth-order valence-corrected chi connectivity index (χ4v) is 1.44. The number of benzene rings is 1. The van der Waals surface area contributed by atoms with Crippen molar-refractivity contribution in [2.45, 2.75) is 6.04 Å². The third-order valence-corrected chi connectivity index (χ3v) is 2.27. The highest BCUT2D eigenvalue weighted by atomic mass is 127. The molecule has 1 aromatic rings. The van der Waals surface area contributed by atoms with E-state index in [2.05, 4.69) is 3.53 Å². The molecule has 0 aliphatic carbocycles. The van der Waals surface area contributed by atoms with E-state index in [1.807, 2.05) is 53.2 Å². The Labute approximate surface area is 80.1 Å². The van der Waals surface area contributed by atoms with Gasteiger partial charge in [-0.1, -0.05) is 30.3 Å². The first-order valence-electron chi connectivity index (χ1n) is 3.40. The molecule has 0 aromatic heterocycles. The molecule has 2 nitrogen and oxygen atoms in total. The first-order chi connectivity index (χ1) is 5.38. The summed E-state index contributed by atoms with van der Waals surface area (Å²) < 4.78 is 2.99. The molecule has 1 atom stereocenters. The number of aliphatic hydroxyl groups excluding tert-OH is 1. The minimum atomic E-state index is 0.0526. The van der Waals surface area contributed by atoms with Crippen LogP contribution in [-0.4, -0.2) is 11.7 Å². The van der Waals surface area contributed by atoms with Crippen LogP contribution >= 0.6 is 22.9 Å². The zero-order valence-electron chi connectivity index (χ0n) is 6.00. The quantitative estimate of drug-likeness (QED) is 0.642. The second-order valence-electron chi connectivity index (χ2n) is 2.25. The number of hydrogen-bond donors (Lipinski definition) is 2. The maximum Gasteiger partial charge on any atom is 0.0644 e. The van der Waals surface area contributed by atoms with Gasteiger partial charge in [-0.15, -0.1) is 0 Å². The molecule has 11 heavy (non-hydrogen) atoms. The Morgan fingerprint density at radius 3 is 2.45 bits per heavy atom. The summed E-state index contributed by atoms with van der Waals surface area (Å²) in [6.45, 7) is 0.132. The maximum absolute atomic E-state index is 8.91. The van der Waals surface area contributed by atoms with Crippen LogP contribution in [0.2, 0.25) is 0 Å². The molecule has 60 valence electrons. The van der Waals surface area contributed by atoms with Gasteiger partial charge in [-0.3, -0.25) is 3.53 Å². The Bertz CT molecular complexity index is 199. The number of rotatable bonds is 3. The average Bonchev–Trinajstić information content (AvgIpc) is 2.09. The van der Waals surface area contributed by atoms with Crippen LogP contribution in [0.25, 0.3) is 0 Å². The van der Waals surface area contributed by atoms with Gasteiger partial charge >= 0.3 is 0 Å². The van der Waals surface area contributed by atoms with Crippen LogP contribution in [0.5, 0.6) is 0 Å². The van der Waals surface area contributed by atoms with Crippen molar-refractivity contribution in [2.24, 2.45) is 0 Å². The van der Waals surface area contributed by atoms with Gasteiger partial charge in [-0.05, 0) is 5.56 Å². The monoisotopic (exact) mass is 263 g/mol. The van der Waals surface area contributed by atoms with E-state index < -0.39 is 0 Å². The Morgan fingerprint density at radius 2 is 2.00 bits per heavy atom. The lowest BCUT2D eigenvalue weighted by molar-refractivity contribution is 0.263. The average molecular weight is 263 g/mol. The summed E-state index contributed by atoms with van der Waals surface area (Å²) >= 11 is 2.04. The molecule has 1 rings (SSSR count). The van der Waals surface area contributed by atoms with Gasteiger partial charge < -0.3 is 5.11 Å². The predicted molar refractivity (Wildman–Crippen MR) is 53.4 cm³/mol. The molecule has 0 saturated carbocycles. The summed E-state index contributed by atoms with van der Waals surface area (Å²) in [7, 11) is 0. The van der Waals surface area contributed by atoms with Gasteiger partial charge in [0.2, 0.25) is 0 Å². The molecule has 0 aliphatic heterocycles. The van der Waals surface area contributed by atoms with Crippen LogP contribution in [0.3, 0.4) is 0 Å². The molecule has 0 amide bonds. The first kappa shape index (κ1) is 8.96. The highest BCUT2D eigenvalue weighted by Crippen LogP contribution is 2.12. The summed E-state index contributed by atoms with van der Waals surface area (Å²) in [6, 6.07) is 9.93. The van der Waals surface area contributed by atoms with Crippen LogP contribution in [-0.2, 0) is 0 Å². The molecule has 3 heteroatoms. The molecule has 0 radical (unpaired) electrons.